The van der Waals surface area contributed by atoms with Crippen LogP contribution in [0.1, 0.15) is 25.7 Å². The smallest absolute Gasteiger partial charge is 0.224 e. The summed E-state index contributed by atoms with van der Waals surface area (Å²) < 4.78 is 5.53. The Balaban J connectivity index is 1.74. The SMILES string of the molecule is NCCNC(=O)C1CCCN(CC2CCCOC2)C1. The first-order chi connectivity index (χ1) is 9.29. The molecule has 5 nitrogen and oxygen atoms in total. The fourth-order valence-electron chi connectivity index (χ4n) is 3.09. The summed E-state index contributed by atoms with van der Waals surface area (Å²) in [7, 11) is 0. The fraction of sp³-hybridized carbons (Fsp3) is 0.929. The first-order valence-corrected chi connectivity index (χ1v) is 7.57. The zero-order chi connectivity index (χ0) is 13.5. The predicted molar refractivity (Wildman–Crippen MR) is 74.8 cm³/mol. The molecular formula is C14H27N3O2. The van der Waals surface area contributed by atoms with Gasteiger partial charge in [-0.25, -0.2) is 0 Å². The van der Waals surface area contributed by atoms with Crippen molar-refractivity contribution in [2.24, 2.45) is 17.6 Å². The summed E-state index contributed by atoms with van der Waals surface area (Å²) in [6.07, 6.45) is 4.57. The molecule has 2 rings (SSSR count). The molecule has 2 aliphatic rings. The number of amides is 1. The summed E-state index contributed by atoms with van der Waals surface area (Å²) in [6, 6.07) is 0. The first-order valence-electron chi connectivity index (χ1n) is 7.57. The van der Waals surface area contributed by atoms with E-state index in [9.17, 15) is 4.79 Å². The number of hydrogen-bond donors (Lipinski definition) is 2. The summed E-state index contributed by atoms with van der Waals surface area (Å²) in [6.45, 7) is 6.01. The van der Waals surface area contributed by atoms with Gasteiger partial charge in [-0.3, -0.25) is 4.79 Å². The van der Waals surface area contributed by atoms with E-state index in [-0.39, 0.29) is 11.8 Å². The van der Waals surface area contributed by atoms with Crippen molar-refractivity contribution in [1.29, 1.82) is 0 Å². The Morgan fingerprint density at radius 2 is 2.26 bits per heavy atom. The van der Waals surface area contributed by atoms with Crippen molar-refractivity contribution in [3.05, 3.63) is 0 Å². The van der Waals surface area contributed by atoms with Crippen molar-refractivity contribution in [1.82, 2.24) is 10.2 Å². The number of hydrogen-bond acceptors (Lipinski definition) is 4. The maximum absolute atomic E-state index is 12.0. The zero-order valence-corrected chi connectivity index (χ0v) is 11.8. The number of carbonyl (C=O) groups is 1. The Morgan fingerprint density at radius 1 is 1.37 bits per heavy atom. The van der Waals surface area contributed by atoms with E-state index in [2.05, 4.69) is 10.2 Å². The highest BCUT2D eigenvalue weighted by Crippen LogP contribution is 2.21. The minimum atomic E-state index is 0.143. The van der Waals surface area contributed by atoms with Crippen molar-refractivity contribution in [2.45, 2.75) is 25.7 Å². The summed E-state index contributed by atoms with van der Waals surface area (Å²) in [4.78, 5) is 14.4. The topological polar surface area (TPSA) is 67.6 Å². The van der Waals surface area contributed by atoms with Crippen LogP contribution in [0.2, 0.25) is 0 Å². The van der Waals surface area contributed by atoms with Gasteiger partial charge in [0.25, 0.3) is 0 Å². The van der Waals surface area contributed by atoms with E-state index in [1.165, 1.54) is 12.8 Å². The number of likely N-dealkylation sites (tertiary alicyclic amines) is 1. The lowest BCUT2D eigenvalue weighted by molar-refractivity contribution is -0.126. The molecule has 0 bridgehead atoms. The van der Waals surface area contributed by atoms with Gasteiger partial charge in [0.15, 0.2) is 0 Å². The lowest BCUT2D eigenvalue weighted by atomic mass is 9.94. The van der Waals surface area contributed by atoms with Crippen molar-refractivity contribution in [3.63, 3.8) is 0 Å². The van der Waals surface area contributed by atoms with Gasteiger partial charge in [-0.15, -0.1) is 0 Å². The van der Waals surface area contributed by atoms with Crippen LogP contribution in [0.4, 0.5) is 0 Å². The summed E-state index contributed by atoms with van der Waals surface area (Å²) in [5, 5.41) is 2.91. The Kier molecular flexibility index (Phi) is 6.07. The summed E-state index contributed by atoms with van der Waals surface area (Å²) in [5.74, 6) is 0.972. The monoisotopic (exact) mass is 269 g/mol. The van der Waals surface area contributed by atoms with Gasteiger partial charge in [-0.2, -0.15) is 0 Å². The van der Waals surface area contributed by atoms with Crippen LogP contribution in [0, 0.1) is 11.8 Å². The molecule has 1 amide bonds. The molecule has 0 spiro atoms. The van der Waals surface area contributed by atoms with Gasteiger partial charge >= 0.3 is 0 Å². The van der Waals surface area contributed by atoms with E-state index in [0.29, 0.717) is 19.0 Å². The number of nitrogens with two attached hydrogens (primary N) is 1. The van der Waals surface area contributed by atoms with Crippen molar-refractivity contribution in [2.75, 3.05) is 45.9 Å². The third-order valence-corrected chi connectivity index (χ3v) is 4.09. The van der Waals surface area contributed by atoms with Crippen LogP contribution in [0.5, 0.6) is 0 Å². The first kappa shape index (κ1) is 14.8. The van der Waals surface area contributed by atoms with Gasteiger partial charge in [-0.05, 0) is 38.1 Å². The van der Waals surface area contributed by atoms with Crippen molar-refractivity contribution < 1.29 is 9.53 Å². The van der Waals surface area contributed by atoms with Gasteiger partial charge in [0.2, 0.25) is 5.91 Å². The standard InChI is InChI=1S/C14H27N3O2/c15-5-6-16-14(18)13-4-1-7-17(10-13)9-12-3-2-8-19-11-12/h12-13H,1-11,15H2,(H,16,18). The van der Waals surface area contributed by atoms with E-state index < -0.39 is 0 Å². The largest absolute Gasteiger partial charge is 0.381 e. The third-order valence-electron chi connectivity index (χ3n) is 4.09. The van der Waals surface area contributed by atoms with Crippen LogP contribution < -0.4 is 11.1 Å². The average Bonchev–Trinajstić information content (AvgIpc) is 2.46. The van der Waals surface area contributed by atoms with Crippen LogP contribution >= 0.6 is 0 Å². The molecule has 0 aromatic carbocycles. The fourth-order valence-corrected chi connectivity index (χ4v) is 3.09. The molecule has 2 unspecified atom stereocenters. The molecule has 2 saturated heterocycles. The van der Waals surface area contributed by atoms with Gasteiger partial charge in [-0.1, -0.05) is 0 Å². The van der Waals surface area contributed by atoms with E-state index in [4.69, 9.17) is 10.5 Å². The summed E-state index contributed by atoms with van der Waals surface area (Å²) >= 11 is 0. The van der Waals surface area contributed by atoms with E-state index in [0.717, 1.165) is 45.7 Å². The molecule has 2 atom stereocenters. The highest BCUT2D eigenvalue weighted by molar-refractivity contribution is 5.78. The minimum Gasteiger partial charge on any atom is -0.381 e. The van der Waals surface area contributed by atoms with Crippen molar-refractivity contribution >= 4 is 5.91 Å². The second-order valence-corrected chi connectivity index (χ2v) is 5.76. The van der Waals surface area contributed by atoms with Crippen LogP contribution in [-0.4, -0.2) is 56.7 Å². The highest BCUT2D eigenvalue weighted by Gasteiger charge is 2.27. The van der Waals surface area contributed by atoms with Crippen molar-refractivity contribution in [3.8, 4) is 0 Å². The van der Waals surface area contributed by atoms with Gasteiger partial charge < -0.3 is 20.7 Å². The minimum absolute atomic E-state index is 0.143. The zero-order valence-electron chi connectivity index (χ0n) is 11.8. The molecule has 2 heterocycles. The Labute approximate surface area is 115 Å². The molecule has 2 fully saturated rings. The highest BCUT2D eigenvalue weighted by atomic mass is 16.5. The molecule has 3 N–H and O–H groups in total. The molecule has 5 heteroatoms. The number of rotatable bonds is 5. The van der Waals surface area contributed by atoms with Gasteiger partial charge in [0, 0.05) is 32.8 Å². The quantitative estimate of drug-likeness (QED) is 0.748. The molecule has 110 valence electrons. The molecule has 0 radical (unpaired) electrons. The molecule has 0 aliphatic carbocycles. The Hall–Kier alpha value is -0.650. The number of carbonyl (C=O) groups excluding carboxylic acids is 1. The molecule has 19 heavy (non-hydrogen) atoms. The lowest BCUT2D eigenvalue weighted by Gasteiger charge is -2.35. The van der Waals surface area contributed by atoms with E-state index >= 15 is 0 Å². The third kappa shape index (κ3) is 4.75. The van der Waals surface area contributed by atoms with Crippen LogP contribution in [0.25, 0.3) is 0 Å². The number of nitrogens with one attached hydrogen (secondary N) is 1. The second kappa shape index (κ2) is 7.82. The Bertz CT molecular complexity index is 280. The Morgan fingerprint density at radius 3 is 3.00 bits per heavy atom. The van der Waals surface area contributed by atoms with E-state index in [1.807, 2.05) is 0 Å². The molecular weight excluding hydrogens is 242 g/mol. The lowest BCUT2D eigenvalue weighted by Crippen LogP contribution is -2.46. The maximum atomic E-state index is 12.0. The van der Waals surface area contributed by atoms with Gasteiger partial charge in [0.1, 0.15) is 0 Å². The predicted octanol–water partition coefficient (Wildman–Crippen LogP) is 0.200. The van der Waals surface area contributed by atoms with Gasteiger partial charge in [0.05, 0.1) is 12.5 Å². The van der Waals surface area contributed by atoms with Crippen LogP contribution in [0.15, 0.2) is 0 Å². The summed E-state index contributed by atoms with van der Waals surface area (Å²) in [5.41, 5.74) is 5.42. The number of ether oxygens (including phenoxy) is 1. The van der Waals surface area contributed by atoms with E-state index in [1.54, 1.807) is 0 Å². The molecule has 0 aromatic rings. The van der Waals surface area contributed by atoms with Crippen LogP contribution in [-0.2, 0) is 9.53 Å². The second-order valence-electron chi connectivity index (χ2n) is 5.76. The molecule has 0 aromatic heterocycles. The average molecular weight is 269 g/mol. The number of nitrogens with zero attached hydrogens (tertiary/aromatic N) is 1. The number of piperidine rings is 1. The maximum Gasteiger partial charge on any atom is 0.224 e. The normalized spacial score (nSPS) is 29.1. The molecule has 0 saturated carbocycles. The molecule has 2 aliphatic heterocycles. The van der Waals surface area contributed by atoms with Crippen LogP contribution in [0.3, 0.4) is 0 Å².